The lowest BCUT2D eigenvalue weighted by molar-refractivity contribution is 1.28. The van der Waals surface area contributed by atoms with Gasteiger partial charge in [-0.1, -0.05) is 285 Å². The van der Waals surface area contributed by atoms with Crippen molar-refractivity contribution >= 4 is 119 Å². The lowest BCUT2D eigenvalue weighted by Gasteiger charge is -2.26. The Morgan fingerprint density at radius 2 is 0.426 bits per heavy atom. The second-order valence-electron chi connectivity index (χ2n) is 28.0. The van der Waals surface area contributed by atoms with E-state index in [2.05, 4.69) is 422 Å². The van der Waals surface area contributed by atoms with Gasteiger partial charge in [0.2, 0.25) is 0 Å². The van der Waals surface area contributed by atoms with E-state index in [0.717, 1.165) is 34.1 Å². The SMILES string of the molecule is c1ccc(-c2cccc(-c3ccc(N(c4ccc(-c5cccc(-c6ccc7ccccc7c6)c5)cc4)c4ccc(-c5cccc6c5sc5ccc(-c7ccc8cc(-c9cccc(-c%10ccc(N(c%11ccccc%11)c%11ccc(-c%12cccc%13c%12sc%12ccccc%12%13)cc%11)cc%10)c9)ccc8c7)cc56)cc4)cc3)c2)cc1. The minimum Gasteiger partial charge on any atom is -0.311 e. The maximum Gasteiger partial charge on any atom is 0.0462 e. The Kier molecular flexibility index (Phi) is 16.4. The number of benzene rings is 18. The minimum absolute atomic E-state index is 1.08. The minimum atomic E-state index is 1.08. The second-order valence-corrected chi connectivity index (χ2v) is 30.1. The summed E-state index contributed by atoms with van der Waals surface area (Å²) in [7, 11) is 0. The first-order valence-corrected chi connectivity index (χ1v) is 38.5. The topological polar surface area (TPSA) is 6.48 Å². The molecule has 4 heteroatoms. The van der Waals surface area contributed by atoms with E-state index in [4.69, 9.17) is 0 Å². The zero-order chi connectivity index (χ0) is 71.4. The molecule has 20 aromatic rings. The molecule has 108 heavy (non-hydrogen) atoms. The predicted molar refractivity (Wildman–Crippen MR) is 466 cm³/mol. The summed E-state index contributed by atoms with van der Waals surface area (Å²) < 4.78 is 5.21. The van der Waals surface area contributed by atoms with Crippen LogP contribution in [0.3, 0.4) is 0 Å². The third-order valence-electron chi connectivity index (χ3n) is 21.4. The molecule has 0 aliphatic rings. The monoisotopic (exact) mass is 1410 g/mol. The zero-order valence-electron chi connectivity index (χ0n) is 59.0. The molecule has 506 valence electrons. The van der Waals surface area contributed by atoms with Crippen molar-refractivity contribution in [3.05, 3.63) is 413 Å². The molecule has 0 aliphatic heterocycles. The highest BCUT2D eigenvalue weighted by atomic mass is 32.1. The van der Waals surface area contributed by atoms with E-state index >= 15 is 0 Å². The van der Waals surface area contributed by atoms with Crippen LogP contribution in [-0.4, -0.2) is 0 Å². The average Bonchev–Trinajstić information content (AvgIpc) is 1.59. The Hall–Kier alpha value is -13.5. The van der Waals surface area contributed by atoms with Crippen molar-refractivity contribution in [1.82, 2.24) is 0 Å². The van der Waals surface area contributed by atoms with Gasteiger partial charge in [-0.15, -0.1) is 22.7 Å². The van der Waals surface area contributed by atoms with Crippen LogP contribution < -0.4 is 9.80 Å². The number of rotatable bonds is 15. The van der Waals surface area contributed by atoms with Gasteiger partial charge in [-0.3, -0.25) is 0 Å². The largest absolute Gasteiger partial charge is 0.311 e. The molecule has 2 aromatic heterocycles. The number of fused-ring (bicyclic) bond motifs is 8. The molecule has 18 aromatic carbocycles. The van der Waals surface area contributed by atoms with Gasteiger partial charge < -0.3 is 9.80 Å². The Morgan fingerprint density at radius 3 is 0.889 bits per heavy atom. The molecule has 2 nitrogen and oxygen atoms in total. The van der Waals surface area contributed by atoms with Gasteiger partial charge in [0, 0.05) is 74.5 Å². The molecule has 0 N–H and O–H groups in total. The molecule has 0 amide bonds. The molecule has 0 radical (unpaired) electrons. The third kappa shape index (κ3) is 12.2. The summed E-state index contributed by atoms with van der Waals surface area (Å²) in [6.07, 6.45) is 0. The molecule has 0 atom stereocenters. The van der Waals surface area contributed by atoms with Gasteiger partial charge in [-0.2, -0.15) is 0 Å². The summed E-state index contributed by atoms with van der Waals surface area (Å²) >= 11 is 3.75. The van der Waals surface area contributed by atoms with Gasteiger partial charge in [0.1, 0.15) is 0 Å². The van der Waals surface area contributed by atoms with Gasteiger partial charge in [0.05, 0.1) is 0 Å². The van der Waals surface area contributed by atoms with E-state index in [-0.39, 0.29) is 0 Å². The molecular formula is C104H68N2S2. The van der Waals surface area contributed by atoms with E-state index in [0.29, 0.717) is 0 Å². The van der Waals surface area contributed by atoms with Gasteiger partial charge >= 0.3 is 0 Å². The van der Waals surface area contributed by atoms with Crippen LogP contribution in [0.4, 0.5) is 34.1 Å². The fourth-order valence-corrected chi connectivity index (χ4v) is 18.3. The average molecular weight is 1410 g/mol. The van der Waals surface area contributed by atoms with Crippen molar-refractivity contribution in [2.75, 3.05) is 9.80 Å². The number of hydrogen-bond acceptors (Lipinski definition) is 4. The molecule has 0 aliphatic carbocycles. The van der Waals surface area contributed by atoms with Crippen LogP contribution in [0.2, 0.25) is 0 Å². The molecule has 0 unspecified atom stereocenters. The Balaban J connectivity index is 0.559. The number of thiophene rings is 2. The first-order chi connectivity index (χ1) is 53.5. The summed E-state index contributed by atoms with van der Waals surface area (Å²) in [6.45, 7) is 0. The maximum atomic E-state index is 2.40. The van der Waals surface area contributed by atoms with Crippen LogP contribution in [0, 0.1) is 0 Å². The Labute approximate surface area is 636 Å². The highest BCUT2D eigenvalue weighted by molar-refractivity contribution is 7.26. The first kappa shape index (κ1) is 64.1. The highest BCUT2D eigenvalue weighted by Crippen LogP contribution is 2.47. The normalized spacial score (nSPS) is 11.5. The molecule has 0 bridgehead atoms. The van der Waals surface area contributed by atoms with E-state index in [1.54, 1.807) is 0 Å². The maximum absolute atomic E-state index is 2.40. The van der Waals surface area contributed by atoms with Crippen molar-refractivity contribution in [3.63, 3.8) is 0 Å². The molecule has 0 spiro atoms. The quantitative estimate of drug-likeness (QED) is 0.101. The molecule has 0 saturated carbocycles. The lowest BCUT2D eigenvalue weighted by atomic mass is 9.95. The van der Waals surface area contributed by atoms with Crippen molar-refractivity contribution < 1.29 is 0 Å². The number of nitrogens with zero attached hydrogens (tertiary/aromatic N) is 2. The standard InChI is InChI=1S/C104H68N2S2/c1-3-16-69(17-4-1)77-20-11-21-78(62-77)71-42-53-91(54-43-71)106(92-55-44-73(45-56-92)79-22-12-24-81(63-79)83-35-34-70-18-7-8-19-76(70)65-83)94-59-48-75(49-60-94)96-30-15-32-99-100-68-88(50-61-102(100)108-104(96)99)87-39-38-85-66-84(36-37-86(85)67-87)82-25-13-23-80(64-82)72-40-51-90(52-41-72)105(89-26-5-2-6-27-89)93-57-46-74(47-58-93)95-29-14-31-98-97-28-9-10-33-101(97)107-103(95)98/h1-68H. The van der Waals surface area contributed by atoms with Crippen LogP contribution in [0.5, 0.6) is 0 Å². The fourth-order valence-electron chi connectivity index (χ4n) is 15.9. The van der Waals surface area contributed by atoms with Gasteiger partial charge in [0.25, 0.3) is 0 Å². The van der Waals surface area contributed by atoms with Crippen LogP contribution in [0.1, 0.15) is 0 Å². The predicted octanol–water partition coefficient (Wildman–Crippen LogP) is 30.7. The van der Waals surface area contributed by atoms with Crippen molar-refractivity contribution in [2.24, 2.45) is 0 Å². The van der Waals surface area contributed by atoms with Crippen LogP contribution in [0.25, 0.3) is 162 Å². The molecular weight excluding hydrogens is 1340 g/mol. The van der Waals surface area contributed by atoms with E-state index < -0.39 is 0 Å². The van der Waals surface area contributed by atoms with Gasteiger partial charge in [-0.25, -0.2) is 0 Å². The van der Waals surface area contributed by atoms with Crippen molar-refractivity contribution in [2.45, 2.75) is 0 Å². The van der Waals surface area contributed by atoms with Gasteiger partial charge in [-0.05, 0) is 249 Å². The Bertz CT molecular complexity index is 6760. The van der Waals surface area contributed by atoms with Crippen LogP contribution >= 0.6 is 22.7 Å². The molecule has 2 heterocycles. The van der Waals surface area contributed by atoms with Crippen molar-refractivity contribution in [3.8, 4) is 100 Å². The number of anilines is 6. The summed E-state index contributed by atoms with van der Waals surface area (Å²) in [6, 6.07) is 152. The fraction of sp³-hybridized carbons (Fsp3) is 0. The highest BCUT2D eigenvalue weighted by Gasteiger charge is 2.20. The van der Waals surface area contributed by atoms with Gasteiger partial charge in [0.15, 0.2) is 0 Å². The number of para-hydroxylation sites is 1. The van der Waals surface area contributed by atoms with Crippen LogP contribution in [0.15, 0.2) is 413 Å². The summed E-state index contributed by atoms with van der Waals surface area (Å²) in [5.74, 6) is 0. The van der Waals surface area contributed by atoms with Crippen LogP contribution in [-0.2, 0) is 0 Å². The summed E-state index contributed by atoms with van der Waals surface area (Å²) in [4.78, 5) is 4.73. The zero-order valence-corrected chi connectivity index (χ0v) is 60.6. The smallest absolute Gasteiger partial charge is 0.0462 e. The van der Waals surface area contributed by atoms with E-state index in [1.165, 1.54) is 162 Å². The summed E-state index contributed by atoms with van der Waals surface area (Å²) in [5, 5.41) is 10.1. The molecule has 0 saturated heterocycles. The molecule has 20 rings (SSSR count). The number of hydrogen-bond donors (Lipinski definition) is 0. The summed E-state index contributed by atoms with van der Waals surface area (Å²) in [5.41, 5.74) is 28.1. The first-order valence-electron chi connectivity index (χ1n) is 36.9. The molecule has 0 fully saturated rings. The lowest BCUT2D eigenvalue weighted by Crippen LogP contribution is -2.09. The Morgan fingerprint density at radius 1 is 0.148 bits per heavy atom. The third-order valence-corrected chi connectivity index (χ3v) is 23.9. The van der Waals surface area contributed by atoms with E-state index in [9.17, 15) is 0 Å². The van der Waals surface area contributed by atoms with Crippen molar-refractivity contribution in [1.29, 1.82) is 0 Å². The second kappa shape index (κ2) is 27.5. The van der Waals surface area contributed by atoms with E-state index in [1.807, 2.05) is 22.7 Å².